The van der Waals surface area contributed by atoms with Crippen LogP contribution in [0, 0.1) is 0 Å². The number of fused-ring (bicyclic) bond motifs is 1. The SMILES string of the molecule is CCOP(Cc1csc(Nc2ncnc3ccc(OC(CF)CF)cc23)n1)OCC. The number of thiazole rings is 1. The zero-order chi connectivity index (χ0) is 21.3. The number of nitrogens with one attached hydrogen (secondary N) is 1. The van der Waals surface area contributed by atoms with Crippen LogP contribution in [0.2, 0.25) is 0 Å². The maximum atomic E-state index is 12.8. The highest BCUT2D eigenvalue weighted by Gasteiger charge is 2.15. The van der Waals surface area contributed by atoms with Gasteiger partial charge in [0, 0.05) is 10.8 Å². The average Bonchev–Trinajstić information content (AvgIpc) is 3.19. The largest absolute Gasteiger partial charge is 0.485 e. The van der Waals surface area contributed by atoms with E-state index in [0.29, 0.717) is 47.0 Å². The summed E-state index contributed by atoms with van der Waals surface area (Å²) in [5.41, 5.74) is 1.54. The molecule has 0 radical (unpaired) electrons. The topological polar surface area (TPSA) is 78.4 Å². The Morgan fingerprint density at radius 1 is 1.13 bits per heavy atom. The Balaban J connectivity index is 1.77. The molecule has 0 atom stereocenters. The van der Waals surface area contributed by atoms with E-state index in [1.54, 1.807) is 18.2 Å². The van der Waals surface area contributed by atoms with Crippen molar-refractivity contribution in [3.8, 4) is 5.75 Å². The van der Waals surface area contributed by atoms with E-state index in [4.69, 9.17) is 13.8 Å². The van der Waals surface area contributed by atoms with E-state index >= 15 is 0 Å². The van der Waals surface area contributed by atoms with Crippen molar-refractivity contribution in [2.24, 2.45) is 0 Å². The van der Waals surface area contributed by atoms with Crippen LogP contribution in [0.1, 0.15) is 19.5 Å². The molecule has 1 aromatic carbocycles. The lowest BCUT2D eigenvalue weighted by Crippen LogP contribution is -2.21. The van der Waals surface area contributed by atoms with Crippen LogP contribution in [0.5, 0.6) is 5.75 Å². The lowest BCUT2D eigenvalue weighted by Gasteiger charge is -2.14. The summed E-state index contributed by atoms with van der Waals surface area (Å²) in [6.07, 6.45) is 0.913. The molecule has 0 aliphatic rings. The molecule has 30 heavy (non-hydrogen) atoms. The zero-order valence-electron chi connectivity index (χ0n) is 16.7. The Labute approximate surface area is 178 Å². The molecule has 0 aliphatic heterocycles. The first kappa shape index (κ1) is 22.7. The van der Waals surface area contributed by atoms with Gasteiger partial charge in [-0.25, -0.2) is 23.7 Å². The number of alkyl halides is 2. The molecule has 0 unspecified atom stereocenters. The monoisotopic (exact) mass is 456 g/mol. The number of ether oxygens (including phenoxy) is 1. The van der Waals surface area contributed by atoms with Crippen molar-refractivity contribution in [1.82, 2.24) is 15.0 Å². The number of hydrogen-bond acceptors (Lipinski definition) is 8. The molecule has 0 aliphatic carbocycles. The van der Waals surface area contributed by atoms with E-state index in [1.165, 1.54) is 17.7 Å². The maximum absolute atomic E-state index is 12.8. The lowest BCUT2D eigenvalue weighted by molar-refractivity contribution is 0.134. The van der Waals surface area contributed by atoms with Gasteiger partial charge in [-0.15, -0.1) is 11.3 Å². The van der Waals surface area contributed by atoms with Crippen LogP contribution in [0.4, 0.5) is 19.7 Å². The Hall–Kier alpha value is -2.00. The van der Waals surface area contributed by atoms with Crippen molar-refractivity contribution in [2.75, 3.05) is 31.9 Å². The molecule has 0 bridgehead atoms. The predicted molar refractivity (Wildman–Crippen MR) is 115 cm³/mol. The second-order valence-corrected chi connectivity index (χ2v) is 8.40. The van der Waals surface area contributed by atoms with Crippen molar-refractivity contribution in [2.45, 2.75) is 26.1 Å². The summed E-state index contributed by atoms with van der Waals surface area (Å²) in [6.45, 7) is 3.24. The highest BCUT2D eigenvalue weighted by Crippen LogP contribution is 2.42. The first-order valence-electron chi connectivity index (χ1n) is 9.44. The van der Waals surface area contributed by atoms with Crippen LogP contribution in [0.3, 0.4) is 0 Å². The van der Waals surface area contributed by atoms with Gasteiger partial charge in [-0.05, 0) is 32.0 Å². The van der Waals surface area contributed by atoms with Gasteiger partial charge in [0.1, 0.15) is 31.2 Å². The van der Waals surface area contributed by atoms with Crippen molar-refractivity contribution in [1.29, 1.82) is 0 Å². The fraction of sp³-hybridized carbons (Fsp3) is 0.421. The third kappa shape index (κ3) is 6.01. The molecule has 0 amide bonds. The minimum absolute atomic E-state index is 0.347. The van der Waals surface area contributed by atoms with Gasteiger partial charge in [-0.2, -0.15) is 0 Å². The molecule has 0 saturated heterocycles. The number of benzene rings is 1. The van der Waals surface area contributed by atoms with Gasteiger partial charge in [0.15, 0.2) is 19.6 Å². The minimum Gasteiger partial charge on any atom is -0.485 e. The molecule has 2 aromatic heterocycles. The van der Waals surface area contributed by atoms with Gasteiger partial charge in [-0.1, -0.05) is 0 Å². The molecule has 0 spiro atoms. The van der Waals surface area contributed by atoms with E-state index in [0.717, 1.165) is 5.69 Å². The fourth-order valence-electron chi connectivity index (χ4n) is 2.59. The second-order valence-electron chi connectivity index (χ2n) is 6.05. The number of rotatable bonds is 12. The average molecular weight is 456 g/mol. The van der Waals surface area contributed by atoms with Crippen molar-refractivity contribution in [3.63, 3.8) is 0 Å². The van der Waals surface area contributed by atoms with Gasteiger partial charge in [0.2, 0.25) is 0 Å². The van der Waals surface area contributed by atoms with E-state index < -0.39 is 27.8 Å². The van der Waals surface area contributed by atoms with Crippen LogP contribution < -0.4 is 10.1 Å². The van der Waals surface area contributed by atoms with Gasteiger partial charge >= 0.3 is 0 Å². The second kappa shape index (κ2) is 11.4. The Kier molecular flexibility index (Phi) is 8.62. The molecular weight excluding hydrogens is 433 g/mol. The molecule has 7 nitrogen and oxygen atoms in total. The minimum atomic E-state index is -1.13. The molecule has 3 aromatic rings. The van der Waals surface area contributed by atoms with Crippen LogP contribution in [0.25, 0.3) is 10.9 Å². The third-order valence-electron chi connectivity index (χ3n) is 3.87. The first-order valence-corrected chi connectivity index (χ1v) is 11.7. The van der Waals surface area contributed by atoms with E-state index in [9.17, 15) is 8.78 Å². The molecule has 3 rings (SSSR count). The molecule has 0 saturated carbocycles. The molecule has 162 valence electrons. The number of hydrogen-bond donors (Lipinski definition) is 1. The predicted octanol–water partition coefficient (Wildman–Crippen LogP) is 5.40. The van der Waals surface area contributed by atoms with Crippen molar-refractivity contribution in [3.05, 3.63) is 35.6 Å². The first-order chi connectivity index (χ1) is 14.7. The molecule has 2 heterocycles. The fourth-order valence-corrected chi connectivity index (χ4v) is 4.68. The number of nitrogens with zero attached hydrogens (tertiary/aromatic N) is 3. The Morgan fingerprint density at radius 3 is 2.60 bits per heavy atom. The molecule has 0 fully saturated rings. The number of anilines is 2. The zero-order valence-corrected chi connectivity index (χ0v) is 18.4. The quantitative estimate of drug-likeness (QED) is 0.366. The molecule has 1 N–H and O–H groups in total. The summed E-state index contributed by atoms with van der Waals surface area (Å²) in [6, 6.07) is 5.01. The van der Waals surface area contributed by atoms with Gasteiger partial charge in [0.25, 0.3) is 0 Å². The van der Waals surface area contributed by atoms with Crippen LogP contribution >= 0.6 is 19.7 Å². The van der Waals surface area contributed by atoms with E-state index in [1.807, 2.05) is 19.2 Å². The van der Waals surface area contributed by atoms with Gasteiger partial charge in [-0.3, -0.25) is 0 Å². The summed E-state index contributed by atoms with van der Waals surface area (Å²) < 4.78 is 42.2. The van der Waals surface area contributed by atoms with Gasteiger partial charge < -0.3 is 19.1 Å². The normalized spacial score (nSPS) is 11.5. The van der Waals surface area contributed by atoms with E-state index in [2.05, 4.69) is 20.3 Å². The highest BCUT2D eigenvalue weighted by atomic mass is 32.1. The van der Waals surface area contributed by atoms with Crippen LogP contribution in [0.15, 0.2) is 29.9 Å². The van der Waals surface area contributed by atoms with Crippen LogP contribution in [-0.4, -0.2) is 47.6 Å². The summed E-state index contributed by atoms with van der Waals surface area (Å²) >= 11 is 1.44. The third-order valence-corrected chi connectivity index (χ3v) is 6.35. The summed E-state index contributed by atoms with van der Waals surface area (Å²) in [5, 5.41) is 6.45. The lowest BCUT2D eigenvalue weighted by atomic mass is 10.2. The highest BCUT2D eigenvalue weighted by molar-refractivity contribution is 7.46. The standard InChI is InChI=1S/C19H23F2N4O3PS/c1-3-26-29(27-4-2)10-13-11-30-19(24-13)25-18-16-7-14(28-15(8-20)9-21)5-6-17(16)22-12-23-18/h5-7,11-12,15H,3-4,8-10H2,1-2H3,(H,22,23,24,25). The summed E-state index contributed by atoms with van der Waals surface area (Å²) in [5.74, 6) is 0.875. The molecule has 11 heteroatoms. The Morgan fingerprint density at radius 2 is 1.90 bits per heavy atom. The Bertz CT molecular complexity index is 939. The van der Waals surface area contributed by atoms with Crippen LogP contribution in [-0.2, 0) is 15.2 Å². The molecular formula is C19H23F2N4O3PS. The maximum Gasteiger partial charge on any atom is 0.188 e. The number of aromatic nitrogens is 3. The smallest absolute Gasteiger partial charge is 0.188 e. The van der Waals surface area contributed by atoms with Gasteiger partial charge in [0.05, 0.1) is 30.6 Å². The number of halogens is 2. The van der Waals surface area contributed by atoms with Crippen molar-refractivity contribution < 1.29 is 22.6 Å². The van der Waals surface area contributed by atoms with E-state index in [-0.39, 0.29) is 0 Å². The summed E-state index contributed by atoms with van der Waals surface area (Å²) in [4.78, 5) is 13.1. The summed E-state index contributed by atoms with van der Waals surface area (Å²) in [7, 11) is -1.01. The van der Waals surface area contributed by atoms with Crippen molar-refractivity contribution >= 4 is 41.6 Å².